The average molecular weight is 441 g/mol. The Kier molecular flexibility index (Phi) is 7.86. The molecule has 2 aliphatic rings. The Morgan fingerprint density at radius 3 is 2.63 bits per heavy atom. The van der Waals surface area contributed by atoms with E-state index < -0.39 is 16.1 Å². The molecule has 9 heteroatoms. The van der Waals surface area contributed by atoms with Gasteiger partial charge in [0.1, 0.15) is 6.10 Å². The summed E-state index contributed by atoms with van der Waals surface area (Å²) in [5.41, 5.74) is 1.26. The number of carbonyl (C=O) groups is 1. The van der Waals surface area contributed by atoms with Crippen LogP contribution in [-0.4, -0.2) is 70.4 Å². The van der Waals surface area contributed by atoms with Crippen LogP contribution in [0.5, 0.6) is 0 Å². The summed E-state index contributed by atoms with van der Waals surface area (Å²) < 4.78 is 44.0. The number of amides is 1. The van der Waals surface area contributed by atoms with Crippen molar-refractivity contribution in [3.05, 3.63) is 23.8 Å². The first-order valence-electron chi connectivity index (χ1n) is 10.5. The van der Waals surface area contributed by atoms with E-state index in [9.17, 15) is 13.2 Å². The number of nitrogens with one attached hydrogen (secondary N) is 1. The molecule has 1 amide bonds. The number of anilines is 1. The molecule has 0 aliphatic carbocycles. The monoisotopic (exact) mass is 440 g/mol. The molecule has 1 N–H and O–H groups in total. The second-order valence-corrected chi connectivity index (χ2v) is 10.1. The Bertz CT molecular complexity index is 830. The molecule has 2 atom stereocenters. The van der Waals surface area contributed by atoms with Gasteiger partial charge in [0.05, 0.1) is 30.8 Å². The third-order valence-corrected chi connectivity index (χ3v) is 7.32. The Hall–Kier alpha value is -1.52. The van der Waals surface area contributed by atoms with Crippen LogP contribution >= 0.6 is 0 Å². The van der Waals surface area contributed by atoms with Gasteiger partial charge in [0.15, 0.2) is 0 Å². The highest BCUT2D eigenvalue weighted by Crippen LogP contribution is 2.25. The number of benzene rings is 1. The molecule has 168 valence electrons. The fourth-order valence-corrected chi connectivity index (χ4v) is 5.03. The molecule has 2 aliphatic heterocycles. The van der Waals surface area contributed by atoms with Crippen LogP contribution in [0.1, 0.15) is 32.3 Å². The second kappa shape index (κ2) is 10.2. The Morgan fingerprint density at radius 1 is 1.27 bits per heavy atom. The third-order valence-electron chi connectivity index (χ3n) is 5.42. The number of morpholine rings is 1. The Balaban J connectivity index is 1.72. The highest BCUT2D eigenvalue weighted by molar-refractivity contribution is 7.89. The molecule has 8 nitrogen and oxygen atoms in total. The minimum Gasteiger partial charge on any atom is -0.379 e. The Morgan fingerprint density at radius 2 is 2.00 bits per heavy atom. The molecule has 2 unspecified atom stereocenters. The van der Waals surface area contributed by atoms with Crippen LogP contribution in [0.2, 0.25) is 0 Å². The minimum absolute atomic E-state index is 0.0304. The van der Waals surface area contributed by atoms with Crippen molar-refractivity contribution in [3.8, 4) is 0 Å². The first-order valence-corrected chi connectivity index (χ1v) is 12.0. The number of aryl methyl sites for hydroxylation is 1. The van der Waals surface area contributed by atoms with Crippen LogP contribution in [0.3, 0.4) is 0 Å². The second-order valence-electron chi connectivity index (χ2n) is 8.12. The van der Waals surface area contributed by atoms with E-state index in [1.54, 1.807) is 12.1 Å². The van der Waals surface area contributed by atoms with Crippen molar-refractivity contribution in [1.29, 1.82) is 0 Å². The molecule has 3 rings (SSSR count). The highest BCUT2D eigenvalue weighted by atomic mass is 32.2. The lowest BCUT2D eigenvalue weighted by molar-refractivity contribution is -0.132. The molecule has 1 aromatic rings. The summed E-state index contributed by atoms with van der Waals surface area (Å²) in [4.78, 5) is 13.1. The van der Waals surface area contributed by atoms with Crippen LogP contribution in [0.25, 0.3) is 0 Å². The van der Waals surface area contributed by atoms with Crippen molar-refractivity contribution in [3.63, 3.8) is 0 Å². The average Bonchev–Trinajstić information content (AvgIpc) is 3.23. The van der Waals surface area contributed by atoms with Crippen LogP contribution < -0.4 is 5.32 Å². The minimum atomic E-state index is -3.64. The molecular weight excluding hydrogens is 408 g/mol. The lowest BCUT2D eigenvalue weighted by Gasteiger charge is -2.26. The zero-order valence-electron chi connectivity index (χ0n) is 17.9. The molecule has 0 aromatic heterocycles. The standard InChI is InChI=1S/C21H32N2O6S/c1-15(2)20(29-14-17-5-4-10-28-17)21(24)22-19-13-18(7-6-16(19)3)30(25,26)23-8-11-27-12-9-23/h6-7,13,15,17,20H,4-5,8-12,14H2,1-3H3,(H,22,24). The van der Waals surface area contributed by atoms with E-state index in [2.05, 4.69) is 5.32 Å². The zero-order valence-corrected chi connectivity index (χ0v) is 18.7. The molecule has 2 fully saturated rings. The van der Waals surface area contributed by atoms with Gasteiger partial charge in [-0.15, -0.1) is 0 Å². The van der Waals surface area contributed by atoms with E-state index in [-0.39, 0.29) is 22.8 Å². The molecule has 0 bridgehead atoms. The fourth-order valence-electron chi connectivity index (χ4n) is 3.59. The molecular formula is C21H32N2O6S. The van der Waals surface area contributed by atoms with Gasteiger partial charge in [-0.2, -0.15) is 4.31 Å². The summed E-state index contributed by atoms with van der Waals surface area (Å²) in [5.74, 6) is -0.320. The van der Waals surface area contributed by atoms with E-state index in [0.717, 1.165) is 25.0 Å². The summed E-state index contributed by atoms with van der Waals surface area (Å²) in [6, 6.07) is 4.81. The van der Waals surface area contributed by atoms with E-state index in [4.69, 9.17) is 14.2 Å². The van der Waals surface area contributed by atoms with Crippen molar-refractivity contribution in [1.82, 2.24) is 4.31 Å². The van der Waals surface area contributed by atoms with Crippen LogP contribution in [-0.2, 0) is 29.0 Å². The van der Waals surface area contributed by atoms with Gasteiger partial charge in [0.25, 0.3) is 5.91 Å². The van der Waals surface area contributed by atoms with Crippen LogP contribution in [0.4, 0.5) is 5.69 Å². The first-order chi connectivity index (χ1) is 14.3. The highest BCUT2D eigenvalue weighted by Gasteiger charge is 2.29. The number of nitrogens with zero attached hydrogens (tertiary/aromatic N) is 1. The summed E-state index contributed by atoms with van der Waals surface area (Å²) in [6.45, 7) is 8.20. The number of hydrogen-bond donors (Lipinski definition) is 1. The largest absolute Gasteiger partial charge is 0.379 e. The van der Waals surface area contributed by atoms with Gasteiger partial charge in [-0.3, -0.25) is 4.79 Å². The zero-order chi connectivity index (χ0) is 21.7. The fraction of sp³-hybridized carbons (Fsp3) is 0.667. The summed E-state index contributed by atoms with van der Waals surface area (Å²) in [5, 5.41) is 2.87. The van der Waals surface area contributed by atoms with Gasteiger partial charge in [0.2, 0.25) is 10.0 Å². The first kappa shape index (κ1) is 23.1. The predicted octanol–water partition coefficient (Wildman–Crippen LogP) is 2.17. The number of ether oxygens (including phenoxy) is 3. The predicted molar refractivity (Wildman–Crippen MR) is 113 cm³/mol. The number of rotatable bonds is 8. The van der Waals surface area contributed by atoms with Crippen molar-refractivity contribution < 1.29 is 27.4 Å². The lowest BCUT2D eigenvalue weighted by atomic mass is 10.1. The van der Waals surface area contributed by atoms with Gasteiger partial charge in [-0.05, 0) is 43.4 Å². The molecule has 2 saturated heterocycles. The number of sulfonamides is 1. The maximum Gasteiger partial charge on any atom is 0.253 e. The quantitative estimate of drug-likeness (QED) is 0.666. The van der Waals surface area contributed by atoms with Gasteiger partial charge >= 0.3 is 0 Å². The van der Waals surface area contributed by atoms with Crippen LogP contribution in [0, 0.1) is 12.8 Å². The smallest absolute Gasteiger partial charge is 0.253 e. The van der Waals surface area contributed by atoms with Crippen LogP contribution in [0.15, 0.2) is 23.1 Å². The summed E-state index contributed by atoms with van der Waals surface area (Å²) >= 11 is 0. The van der Waals surface area contributed by atoms with Crippen molar-refractivity contribution in [2.45, 2.75) is 50.7 Å². The summed E-state index contributed by atoms with van der Waals surface area (Å²) in [6.07, 6.45) is 1.33. The topological polar surface area (TPSA) is 94.2 Å². The maximum atomic E-state index is 12.9. The Labute approximate surface area is 178 Å². The summed E-state index contributed by atoms with van der Waals surface area (Å²) in [7, 11) is -3.64. The van der Waals surface area contributed by atoms with E-state index in [1.807, 2.05) is 20.8 Å². The number of hydrogen-bond acceptors (Lipinski definition) is 6. The molecule has 1 aromatic carbocycles. The van der Waals surface area contributed by atoms with E-state index in [0.29, 0.717) is 38.6 Å². The van der Waals surface area contributed by atoms with Gasteiger partial charge < -0.3 is 19.5 Å². The maximum absolute atomic E-state index is 12.9. The lowest BCUT2D eigenvalue weighted by Crippen LogP contribution is -2.40. The molecule has 30 heavy (non-hydrogen) atoms. The van der Waals surface area contributed by atoms with Gasteiger partial charge in [-0.1, -0.05) is 19.9 Å². The molecule has 0 radical (unpaired) electrons. The van der Waals surface area contributed by atoms with Gasteiger partial charge in [0, 0.05) is 25.4 Å². The number of carbonyl (C=O) groups excluding carboxylic acids is 1. The van der Waals surface area contributed by atoms with E-state index in [1.165, 1.54) is 10.4 Å². The van der Waals surface area contributed by atoms with E-state index >= 15 is 0 Å². The van der Waals surface area contributed by atoms with Crippen molar-refractivity contribution in [2.24, 2.45) is 5.92 Å². The molecule has 2 heterocycles. The molecule has 0 spiro atoms. The van der Waals surface area contributed by atoms with Crippen molar-refractivity contribution in [2.75, 3.05) is 44.8 Å². The molecule has 0 saturated carbocycles. The van der Waals surface area contributed by atoms with Crippen molar-refractivity contribution >= 4 is 21.6 Å². The third kappa shape index (κ3) is 5.59. The normalized spacial score (nSPS) is 21.7. The van der Waals surface area contributed by atoms with Gasteiger partial charge in [-0.25, -0.2) is 8.42 Å². The SMILES string of the molecule is Cc1ccc(S(=O)(=O)N2CCOCC2)cc1NC(=O)C(OCC1CCCO1)C(C)C.